The second-order valence-corrected chi connectivity index (χ2v) is 7.11. The van der Waals surface area contributed by atoms with Gasteiger partial charge in [0.1, 0.15) is 6.04 Å². The van der Waals surface area contributed by atoms with Crippen molar-refractivity contribution in [2.24, 2.45) is 7.05 Å². The van der Waals surface area contributed by atoms with Crippen molar-refractivity contribution in [2.45, 2.75) is 26.8 Å². The predicted octanol–water partition coefficient (Wildman–Crippen LogP) is 1.49. The maximum absolute atomic E-state index is 13.2. The number of rotatable bonds is 3. The highest BCUT2D eigenvalue weighted by atomic mass is 16.5. The SMILES string of the molecule is COC(=O)[C@@H](C)n1c(=O)c2c(nc3n(-c4cccc(C)c4)c(C)cn23)n(C)c1=O. The molecule has 3 aromatic heterocycles. The van der Waals surface area contributed by atoms with Crippen LogP contribution in [0.25, 0.3) is 22.6 Å². The number of fused-ring (bicyclic) bond motifs is 3. The molecule has 1 aromatic carbocycles. The highest BCUT2D eigenvalue weighted by Crippen LogP contribution is 2.21. The van der Waals surface area contributed by atoms with Gasteiger partial charge in [0.25, 0.3) is 5.56 Å². The quantitative estimate of drug-likeness (QED) is 0.490. The van der Waals surface area contributed by atoms with E-state index in [2.05, 4.69) is 4.98 Å². The molecule has 4 rings (SSSR count). The van der Waals surface area contributed by atoms with E-state index < -0.39 is 23.3 Å². The van der Waals surface area contributed by atoms with Gasteiger partial charge in [0.2, 0.25) is 5.78 Å². The summed E-state index contributed by atoms with van der Waals surface area (Å²) in [7, 11) is 2.75. The zero-order chi connectivity index (χ0) is 21.0. The summed E-state index contributed by atoms with van der Waals surface area (Å²) in [6, 6.07) is 6.86. The molecule has 150 valence electrons. The molecule has 0 spiro atoms. The summed E-state index contributed by atoms with van der Waals surface area (Å²) in [5.41, 5.74) is 2.14. The molecule has 0 amide bonds. The zero-order valence-electron chi connectivity index (χ0n) is 16.8. The molecule has 9 heteroatoms. The molecule has 0 aliphatic heterocycles. The molecular weight excluding hydrogens is 374 g/mol. The fourth-order valence-electron chi connectivity index (χ4n) is 3.68. The van der Waals surface area contributed by atoms with Crippen LogP contribution in [0.1, 0.15) is 24.2 Å². The van der Waals surface area contributed by atoms with E-state index in [0.717, 1.165) is 21.5 Å². The van der Waals surface area contributed by atoms with Crippen LogP contribution in [0.4, 0.5) is 0 Å². The zero-order valence-corrected chi connectivity index (χ0v) is 16.8. The van der Waals surface area contributed by atoms with Crippen LogP contribution in [-0.4, -0.2) is 36.2 Å². The number of hydrogen-bond donors (Lipinski definition) is 0. The first kappa shape index (κ1) is 18.7. The number of aryl methyl sites for hydroxylation is 3. The molecule has 0 N–H and O–H groups in total. The van der Waals surface area contributed by atoms with Crippen molar-refractivity contribution in [3.05, 3.63) is 62.6 Å². The minimum Gasteiger partial charge on any atom is -0.467 e. The van der Waals surface area contributed by atoms with Crippen LogP contribution in [0.15, 0.2) is 40.1 Å². The Kier molecular flexibility index (Phi) is 4.18. The van der Waals surface area contributed by atoms with E-state index in [0.29, 0.717) is 5.78 Å². The number of benzene rings is 1. The lowest BCUT2D eigenvalue weighted by molar-refractivity contribution is -0.144. The average Bonchev–Trinajstić information content (AvgIpc) is 3.20. The first-order valence-corrected chi connectivity index (χ1v) is 9.12. The number of nitrogens with zero attached hydrogens (tertiary/aromatic N) is 5. The van der Waals surface area contributed by atoms with E-state index in [1.54, 1.807) is 10.6 Å². The highest BCUT2D eigenvalue weighted by molar-refractivity contribution is 5.78. The van der Waals surface area contributed by atoms with Crippen LogP contribution in [0.3, 0.4) is 0 Å². The molecule has 0 aliphatic carbocycles. The summed E-state index contributed by atoms with van der Waals surface area (Å²) < 4.78 is 10.5. The van der Waals surface area contributed by atoms with Crippen molar-refractivity contribution in [1.82, 2.24) is 23.1 Å². The summed E-state index contributed by atoms with van der Waals surface area (Å²) in [6.45, 7) is 5.38. The minimum atomic E-state index is -1.05. The van der Waals surface area contributed by atoms with Crippen LogP contribution in [0.5, 0.6) is 0 Å². The van der Waals surface area contributed by atoms with Gasteiger partial charge in [-0.2, -0.15) is 4.98 Å². The number of imidazole rings is 2. The van der Waals surface area contributed by atoms with Crippen LogP contribution >= 0.6 is 0 Å². The summed E-state index contributed by atoms with van der Waals surface area (Å²) in [4.78, 5) is 42.6. The number of methoxy groups -OCH3 is 1. The number of hydrogen-bond acceptors (Lipinski definition) is 5. The van der Waals surface area contributed by atoms with Crippen molar-refractivity contribution in [3.8, 4) is 5.69 Å². The summed E-state index contributed by atoms with van der Waals surface area (Å²) in [5.74, 6) is -0.156. The number of carbonyl (C=O) groups is 1. The Morgan fingerprint density at radius 2 is 1.93 bits per heavy atom. The number of carbonyl (C=O) groups excluding carboxylic acids is 1. The third-order valence-electron chi connectivity index (χ3n) is 5.16. The predicted molar refractivity (Wildman–Crippen MR) is 108 cm³/mol. The number of ether oxygens (including phenoxy) is 1. The normalized spacial score (nSPS) is 12.6. The third kappa shape index (κ3) is 2.61. The molecule has 0 saturated heterocycles. The van der Waals surface area contributed by atoms with E-state index in [-0.39, 0.29) is 11.2 Å². The van der Waals surface area contributed by atoms with Gasteiger partial charge in [0.05, 0.1) is 7.11 Å². The first-order valence-electron chi connectivity index (χ1n) is 9.12. The molecule has 0 bridgehead atoms. The summed E-state index contributed by atoms with van der Waals surface area (Å²) in [5, 5.41) is 0. The fourth-order valence-corrected chi connectivity index (χ4v) is 3.68. The van der Waals surface area contributed by atoms with Gasteiger partial charge in [0, 0.05) is 24.6 Å². The van der Waals surface area contributed by atoms with Gasteiger partial charge in [-0.05, 0) is 38.5 Å². The lowest BCUT2D eigenvalue weighted by Crippen LogP contribution is -2.43. The molecule has 4 aromatic rings. The van der Waals surface area contributed by atoms with Gasteiger partial charge in [-0.3, -0.25) is 18.3 Å². The van der Waals surface area contributed by atoms with Gasteiger partial charge < -0.3 is 4.74 Å². The van der Waals surface area contributed by atoms with Crippen molar-refractivity contribution in [2.75, 3.05) is 7.11 Å². The van der Waals surface area contributed by atoms with Crippen molar-refractivity contribution in [3.63, 3.8) is 0 Å². The Hall–Kier alpha value is -3.62. The van der Waals surface area contributed by atoms with Crippen molar-refractivity contribution >= 4 is 22.9 Å². The maximum atomic E-state index is 13.2. The van der Waals surface area contributed by atoms with Crippen LogP contribution in [0, 0.1) is 13.8 Å². The standard InChI is InChI=1S/C20H21N5O4/c1-11-7-6-8-14(9-11)24-12(2)10-23-15-16(21-19(23)24)22(4)20(28)25(17(15)26)13(3)18(27)29-5/h6-10,13H,1-5H3/t13-/m1/s1. The van der Waals surface area contributed by atoms with Crippen LogP contribution in [0.2, 0.25) is 0 Å². The Morgan fingerprint density at radius 1 is 1.21 bits per heavy atom. The van der Waals surface area contributed by atoms with E-state index >= 15 is 0 Å². The number of esters is 1. The lowest BCUT2D eigenvalue weighted by atomic mass is 10.2. The molecule has 9 nitrogen and oxygen atoms in total. The Labute approximate surface area is 165 Å². The summed E-state index contributed by atoms with van der Waals surface area (Å²) in [6.07, 6.45) is 1.80. The van der Waals surface area contributed by atoms with E-state index in [4.69, 9.17) is 4.74 Å². The molecule has 3 heterocycles. The lowest BCUT2D eigenvalue weighted by Gasteiger charge is -2.13. The van der Waals surface area contributed by atoms with Gasteiger partial charge in [-0.1, -0.05) is 12.1 Å². The fraction of sp³-hybridized carbons (Fsp3) is 0.300. The monoisotopic (exact) mass is 395 g/mol. The van der Waals surface area contributed by atoms with Gasteiger partial charge in [-0.25, -0.2) is 14.2 Å². The Morgan fingerprint density at radius 3 is 2.59 bits per heavy atom. The molecule has 1 atom stereocenters. The Bertz CT molecular complexity index is 1400. The average molecular weight is 395 g/mol. The van der Waals surface area contributed by atoms with Crippen molar-refractivity contribution in [1.29, 1.82) is 0 Å². The van der Waals surface area contributed by atoms with E-state index in [9.17, 15) is 14.4 Å². The molecule has 0 saturated carbocycles. The molecule has 0 aliphatic rings. The van der Waals surface area contributed by atoms with E-state index in [1.165, 1.54) is 25.6 Å². The molecular formula is C20H21N5O4. The minimum absolute atomic E-state index is 0.229. The van der Waals surface area contributed by atoms with Crippen LogP contribution in [-0.2, 0) is 16.6 Å². The van der Waals surface area contributed by atoms with Gasteiger partial charge in [-0.15, -0.1) is 0 Å². The molecule has 0 unspecified atom stereocenters. The first-order chi connectivity index (χ1) is 13.8. The maximum Gasteiger partial charge on any atom is 0.333 e. The molecule has 0 fully saturated rings. The van der Waals surface area contributed by atoms with Gasteiger partial charge >= 0.3 is 11.7 Å². The number of aromatic nitrogens is 5. The summed E-state index contributed by atoms with van der Waals surface area (Å²) >= 11 is 0. The molecule has 0 radical (unpaired) electrons. The smallest absolute Gasteiger partial charge is 0.333 e. The van der Waals surface area contributed by atoms with Crippen molar-refractivity contribution < 1.29 is 9.53 Å². The largest absolute Gasteiger partial charge is 0.467 e. The van der Waals surface area contributed by atoms with Crippen LogP contribution < -0.4 is 11.2 Å². The second-order valence-electron chi connectivity index (χ2n) is 7.11. The second kappa shape index (κ2) is 6.47. The van der Waals surface area contributed by atoms with E-state index in [1.807, 2.05) is 42.7 Å². The Balaban J connectivity index is 2.12. The molecule has 29 heavy (non-hydrogen) atoms. The highest BCUT2D eigenvalue weighted by Gasteiger charge is 2.26. The van der Waals surface area contributed by atoms with Gasteiger partial charge in [0.15, 0.2) is 11.2 Å². The third-order valence-corrected chi connectivity index (χ3v) is 5.16. The topological polar surface area (TPSA) is 92.5 Å².